The van der Waals surface area contributed by atoms with Crippen LogP contribution in [0.1, 0.15) is 21.5 Å². The number of hydrogen-bond donors (Lipinski definition) is 1. The zero-order valence-electron chi connectivity index (χ0n) is 13.3. The average molecular weight is 386 g/mol. The molecule has 0 aliphatic carbocycles. The Labute approximate surface area is 147 Å². The van der Waals surface area contributed by atoms with Crippen molar-refractivity contribution in [2.45, 2.75) is 13.1 Å². The zero-order valence-corrected chi connectivity index (χ0v) is 13.3. The summed E-state index contributed by atoms with van der Waals surface area (Å²) in [7, 11) is 0. The monoisotopic (exact) mass is 386 g/mol. The van der Waals surface area contributed by atoms with Crippen molar-refractivity contribution in [3.63, 3.8) is 0 Å². The number of nitro groups is 2. The van der Waals surface area contributed by atoms with E-state index in [1.54, 1.807) is 0 Å². The summed E-state index contributed by atoms with van der Waals surface area (Å²) in [6.45, 7) is 1.33. The SMILES string of the molecule is Cc1cc(Oc2cc(C(=O)O)c([N+](=O)[O-])cc2[N+](=O)[O-])cc(C(F)(F)F)c1. The normalized spacial score (nSPS) is 11.1. The van der Waals surface area contributed by atoms with Gasteiger partial charge in [0, 0.05) is 6.07 Å². The Balaban J connectivity index is 2.64. The van der Waals surface area contributed by atoms with E-state index in [0.717, 1.165) is 12.1 Å². The lowest BCUT2D eigenvalue weighted by molar-refractivity contribution is -0.394. The van der Waals surface area contributed by atoms with Crippen LogP contribution >= 0.6 is 0 Å². The number of aryl methyl sites for hydroxylation is 1. The average Bonchev–Trinajstić information content (AvgIpc) is 2.52. The van der Waals surface area contributed by atoms with E-state index in [1.165, 1.54) is 6.92 Å². The number of nitrogens with zero attached hydrogens (tertiary/aromatic N) is 2. The summed E-state index contributed by atoms with van der Waals surface area (Å²) in [4.78, 5) is 31.0. The van der Waals surface area contributed by atoms with Gasteiger partial charge in [-0.2, -0.15) is 13.2 Å². The number of ether oxygens (including phenoxy) is 1. The zero-order chi connectivity index (χ0) is 20.5. The van der Waals surface area contributed by atoms with Crippen LogP contribution in [-0.2, 0) is 6.18 Å². The highest BCUT2D eigenvalue weighted by atomic mass is 19.4. The van der Waals surface area contributed by atoms with Crippen molar-refractivity contribution in [1.82, 2.24) is 0 Å². The van der Waals surface area contributed by atoms with Gasteiger partial charge in [0.05, 0.1) is 21.5 Å². The Morgan fingerprint density at radius 3 is 2.11 bits per heavy atom. The molecule has 1 N–H and O–H groups in total. The second kappa shape index (κ2) is 6.90. The molecule has 0 aliphatic rings. The quantitative estimate of drug-likeness (QED) is 0.597. The molecule has 0 saturated heterocycles. The van der Waals surface area contributed by atoms with Crippen LogP contribution in [0, 0.1) is 27.2 Å². The number of alkyl halides is 3. The number of nitro benzene ring substituents is 2. The van der Waals surface area contributed by atoms with Crippen LogP contribution in [0.15, 0.2) is 30.3 Å². The summed E-state index contributed by atoms with van der Waals surface area (Å²) >= 11 is 0. The van der Waals surface area contributed by atoms with Crippen LogP contribution < -0.4 is 4.74 Å². The first-order valence-corrected chi connectivity index (χ1v) is 6.97. The van der Waals surface area contributed by atoms with Crippen molar-refractivity contribution in [3.8, 4) is 11.5 Å². The first kappa shape index (κ1) is 19.6. The van der Waals surface area contributed by atoms with Gasteiger partial charge in [-0.25, -0.2) is 4.79 Å². The van der Waals surface area contributed by atoms with Crippen LogP contribution in [0.5, 0.6) is 11.5 Å². The molecule has 0 aromatic heterocycles. The van der Waals surface area contributed by atoms with E-state index in [-0.39, 0.29) is 5.56 Å². The fraction of sp³-hybridized carbons (Fsp3) is 0.133. The number of carboxylic acids is 1. The highest BCUT2D eigenvalue weighted by Gasteiger charge is 2.32. The van der Waals surface area contributed by atoms with Gasteiger partial charge >= 0.3 is 17.8 Å². The first-order valence-electron chi connectivity index (χ1n) is 6.97. The first-order chi connectivity index (χ1) is 12.4. The summed E-state index contributed by atoms with van der Waals surface area (Å²) in [6.07, 6.45) is -4.71. The van der Waals surface area contributed by atoms with Gasteiger partial charge in [0.2, 0.25) is 5.75 Å². The third kappa shape index (κ3) is 4.29. The molecule has 2 aromatic carbocycles. The summed E-state index contributed by atoms with van der Waals surface area (Å²) < 4.78 is 43.8. The standard InChI is InChI=1S/C15H9F3N2O7/c1-7-2-8(15(16,17)18)4-9(3-7)27-13-5-10(14(21)22)11(19(23)24)6-12(13)20(25)26/h2-6H,1H3,(H,21,22). The van der Waals surface area contributed by atoms with Gasteiger partial charge in [0.25, 0.3) is 5.69 Å². The van der Waals surface area contributed by atoms with Gasteiger partial charge in [-0.05, 0) is 30.7 Å². The summed E-state index contributed by atoms with van der Waals surface area (Å²) in [5.74, 6) is -2.96. The molecule has 0 saturated carbocycles. The molecule has 0 fully saturated rings. The van der Waals surface area contributed by atoms with Crippen LogP contribution in [0.4, 0.5) is 24.5 Å². The minimum absolute atomic E-state index is 0.128. The van der Waals surface area contributed by atoms with Gasteiger partial charge in [-0.3, -0.25) is 20.2 Å². The number of benzene rings is 2. The van der Waals surface area contributed by atoms with Crippen LogP contribution in [-0.4, -0.2) is 20.9 Å². The molecule has 142 valence electrons. The van der Waals surface area contributed by atoms with E-state index in [9.17, 15) is 38.2 Å². The molecule has 0 bridgehead atoms. The number of aromatic carboxylic acids is 1. The van der Waals surface area contributed by atoms with E-state index < -0.39 is 56.0 Å². The van der Waals surface area contributed by atoms with Gasteiger partial charge in [-0.15, -0.1) is 0 Å². The molecule has 12 heteroatoms. The van der Waals surface area contributed by atoms with Crippen molar-refractivity contribution in [1.29, 1.82) is 0 Å². The van der Waals surface area contributed by atoms with Crippen molar-refractivity contribution in [2.75, 3.05) is 0 Å². The second-order valence-electron chi connectivity index (χ2n) is 5.29. The predicted octanol–water partition coefficient (Wildman–Crippen LogP) is 4.32. The molecule has 0 heterocycles. The summed E-state index contributed by atoms with van der Waals surface area (Å²) in [5, 5.41) is 31.1. The maximum absolute atomic E-state index is 12.9. The van der Waals surface area contributed by atoms with Gasteiger partial charge in [0.15, 0.2) is 0 Å². The van der Waals surface area contributed by atoms with Crippen molar-refractivity contribution < 1.29 is 37.7 Å². The van der Waals surface area contributed by atoms with E-state index >= 15 is 0 Å². The van der Waals surface area contributed by atoms with E-state index in [2.05, 4.69) is 0 Å². The van der Waals surface area contributed by atoms with Crippen LogP contribution in [0.25, 0.3) is 0 Å². The molecule has 9 nitrogen and oxygen atoms in total. The van der Waals surface area contributed by atoms with Gasteiger partial charge < -0.3 is 9.84 Å². The Bertz CT molecular complexity index is 957. The number of carboxylic acid groups (broad SMARTS) is 1. The molecule has 0 spiro atoms. The van der Waals surface area contributed by atoms with E-state index in [0.29, 0.717) is 18.2 Å². The van der Waals surface area contributed by atoms with Crippen molar-refractivity contribution >= 4 is 17.3 Å². The molecule has 0 amide bonds. The van der Waals surface area contributed by atoms with Gasteiger partial charge in [0.1, 0.15) is 11.3 Å². The highest BCUT2D eigenvalue weighted by Crippen LogP contribution is 2.39. The topological polar surface area (TPSA) is 133 Å². The Morgan fingerprint density at radius 2 is 1.63 bits per heavy atom. The van der Waals surface area contributed by atoms with Crippen LogP contribution in [0.3, 0.4) is 0 Å². The van der Waals surface area contributed by atoms with E-state index in [4.69, 9.17) is 9.84 Å². The molecule has 0 aliphatic heterocycles. The van der Waals surface area contributed by atoms with Crippen molar-refractivity contribution in [2.24, 2.45) is 0 Å². The Morgan fingerprint density at radius 1 is 1.04 bits per heavy atom. The van der Waals surface area contributed by atoms with Crippen molar-refractivity contribution in [3.05, 3.63) is 67.3 Å². The third-order valence-corrected chi connectivity index (χ3v) is 3.31. The molecule has 0 unspecified atom stereocenters. The molecule has 0 radical (unpaired) electrons. The molecule has 2 aromatic rings. The fourth-order valence-electron chi connectivity index (χ4n) is 2.20. The second-order valence-corrected chi connectivity index (χ2v) is 5.29. The smallest absolute Gasteiger partial charge is 0.416 e. The molecule has 27 heavy (non-hydrogen) atoms. The largest absolute Gasteiger partial charge is 0.477 e. The van der Waals surface area contributed by atoms with E-state index in [1.807, 2.05) is 0 Å². The predicted molar refractivity (Wildman–Crippen MR) is 83.0 cm³/mol. The molecular weight excluding hydrogens is 377 g/mol. The number of carbonyl (C=O) groups is 1. The number of rotatable bonds is 5. The van der Waals surface area contributed by atoms with Crippen LogP contribution in [0.2, 0.25) is 0 Å². The Hall–Kier alpha value is -3.70. The fourth-order valence-corrected chi connectivity index (χ4v) is 2.20. The lowest BCUT2D eigenvalue weighted by Gasteiger charge is -2.12. The number of halogens is 3. The number of hydrogen-bond acceptors (Lipinski definition) is 6. The maximum atomic E-state index is 12.9. The summed E-state index contributed by atoms with van der Waals surface area (Å²) in [5.41, 5.74) is -3.89. The lowest BCUT2D eigenvalue weighted by atomic mass is 10.1. The third-order valence-electron chi connectivity index (χ3n) is 3.31. The Kier molecular flexibility index (Phi) is 5.01. The molecule has 0 atom stereocenters. The highest BCUT2D eigenvalue weighted by molar-refractivity contribution is 5.93. The minimum atomic E-state index is -4.71. The lowest BCUT2D eigenvalue weighted by Crippen LogP contribution is -2.07. The minimum Gasteiger partial charge on any atom is -0.477 e. The molecular formula is C15H9F3N2O7. The summed E-state index contributed by atoms with van der Waals surface area (Å²) in [6, 6.07) is 3.42. The maximum Gasteiger partial charge on any atom is 0.416 e. The van der Waals surface area contributed by atoms with Gasteiger partial charge in [-0.1, -0.05) is 0 Å². The molecule has 2 rings (SSSR count).